The van der Waals surface area contributed by atoms with Gasteiger partial charge in [0.2, 0.25) is 5.78 Å². The van der Waals surface area contributed by atoms with Gasteiger partial charge in [-0.15, -0.1) is 11.6 Å². The Kier molecular flexibility index (Phi) is 7.91. The Hall–Kier alpha value is -0.920. The molecule has 0 aromatic carbocycles. The second-order valence-corrected chi connectivity index (χ2v) is 11.3. The molecular formula is C25H34ClF3N2OS. The number of carbonyl (C=O) groups is 1. The summed E-state index contributed by atoms with van der Waals surface area (Å²) in [5.74, 6) is -2.75. The maximum atomic E-state index is 13.4. The number of carbonyl (C=O) groups excluding carboxylic acids is 1. The summed E-state index contributed by atoms with van der Waals surface area (Å²) in [6.45, 7) is 3.32. The van der Waals surface area contributed by atoms with Crippen LogP contribution in [-0.4, -0.2) is 47.4 Å². The van der Waals surface area contributed by atoms with Crippen molar-refractivity contribution < 1.29 is 18.0 Å². The Balaban J connectivity index is 1.57. The molecule has 0 aromatic heterocycles. The van der Waals surface area contributed by atoms with Gasteiger partial charge in [-0.2, -0.15) is 13.2 Å². The van der Waals surface area contributed by atoms with Crippen LogP contribution in [-0.2, 0) is 4.79 Å². The van der Waals surface area contributed by atoms with Gasteiger partial charge < -0.3 is 10.2 Å². The number of halogens is 4. The van der Waals surface area contributed by atoms with Gasteiger partial charge in [-0.3, -0.25) is 4.79 Å². The van der Waals surface area contributed by atoms with Crippen LogP contribution in [0.1, 0.15) is 71.1 Å². The largest absolute Gasteiger partial charge is 0.450 e. The van der Waals surface area contributed by atoms with Crippen LogP contribution in [0.15, 0.2) is 33.2 Å². The molecule has 33 heavy (non-hydrogen) atoms. The van der Waals surface area contributed by atoms with Gasteiger partial charge in [-0.1, -0.05) is 69.7 Å². The molecule has 4 aliphatic rings. The SMILES string of the molecule is CCCCCCCCCC1(Cl)CCC2=C3CNCC(C(=O)C(F)(F)F)C3N3CC=CSC1=C23. The third kappa shape index (κ3) is 5.06. The number of ketones is 1. The summed E-state index contributed by atoms with van der Waals surface area (Å²) in [6, 6.07) is -0.527. The first-order valence-corrected chi connectivity index (χ1v) is 13.6. The maximum Gasteiger partial charge on any atom is 0.450 e. The summed E-state index contributed by atoms with van der Waals surface area (Å²) in [5.41, 5.74) is 3.09. The minimum Gasteiger partial charge on any atom is -0.359 e. The number of unbranched alkanes of at least 4 members (excludes halogenated alkanes) is 6. The van der Waals surface area contributed by atoms with Crippen LogP contribution in [0.2, 0.25) is 0 Å². The van der Waals surface area contributed by atoms with Gasteiger partial charge in [-0.05, 0) is 35.8 Å². The zero-order valence-electron chi connectivity index (χ0n) is 19.3. The Bertz CT molecular complexity index is 853. The first kappa shape index (κ1) is 25.2. The minimum absolute atomic E-state index is 0.0554. The molecule has 0 aromatic rings. The molecule has 1 saturated heterocycles. The van der Waals surface area contributed by atoms with Gasteiger partial charge in [0, 0.05) is 24.5 Å². The van der Waals surface area contributed by atoms with Crippen LogP contribution in [0.5, 0.6) is 0 Å². The Morgan fingerprint density at radius 2 is 1.97 bits per heavy atom. The predicted octanol–water partition coefficient (Wildman–Crippen LogP) is 6.70. The number of hydrogen-bond acceptors (Lipinski definition) is 4. The van der Waals surface area contributed by atoms with Crippen LogP contribution in [0.3, 0.4) is 0 Å². The number of Topliss-reactive ketones (excluding diaryl/α,β-unsaturated/α-hetero) is 1. The molecule has 8 heteroatoms. The number of hydrogen-bond donors (Lipinski definition) is 1. The van der Waals surface area contributed by atoms with Crippen LogP contribution >= 0.6 is 23.4 Å². The highest BCUT2D eigenvalue weighted by Crippen LogP contribution is 2.56. The average molecular weight is 503 g/mol. The van der Waals surface area contributed by atoms with Crippen molar-refractivity contribution in [2.24, 2.45) is 5.92 Å². The van der Waals surface area contributed by atoms with E-state index in [2.05, 4.69) is 12.2 Å². The van der Waals surface area contributed by atoms with E-state index in [1.807, 2.05) is 16.4 Å². The third-order valence-corrected chi connectivity index (χ3v) is 9.31. The van der Waals surface area contributed by atoms with Gasteiger partial charge in [0.15, 0.2) is 0 Å². The van der Waals surface area contributed by atoms with Gasteiger partial charge >= 0.3 is 6.18 Å². The van der Waals surface area contributed by atoms with Crippen molar-refractivity contribution in [1.82, 2.24) is 10.2 Å². The van der Waals surface area contributed by atoms with Crippen LogP contribution < -0.4 is 5.32 Å². The van der Waals surface area contributed by atoms with E-state index < -0.39 is 28.8 Å². The standard InChI is InChI=1S/C25H34ClF3N2OS/c1-2-3-4-5-6-7-8-11-24(26)12-10-17-18-15-30-16-19(22(32)25(27,28)29)20(18)31-13-9-14-33-23(24)21(17)31/h9,14,19-20,30H,2-8,10-13,15-16H2,1H3. The first-order valence-electron chi connectivity index (χ1n) is 12.3. The zero-order valence-corrected chi connectivity index (χ0v) is 20.8. The fourth-order valence-electron chi connectivity index (χ4n) is 5.86. The lowest BCUT2D eigenvalue weighted by molar-refractivity contribution is -0.177. The third-order valence-electron chi connectivity index (χ3n) is 7.48. The van der Waals surface area contributed by atoms with E-state index in [0.717, 1.165) is 53.9 Å². The Labute approximate surface area is 204 Å². The molecule has 1 fully saturated rings. The molecule has 0 spiro atoms. The average Bonchev–Trinajstić information content (AvgIpc) is 2.93. The van der Waals surface area contributed by atoms with E-state index in [1.165, 1.54) is 32.1 Å². The number of nitrogens with one attached hydrogen (secondary N) is 1. The van der Waals surface area contributed by atoms with E-state index in [0.29, 0.717) is 13.1 Å². The number of nitrogens with zero attached hydrogens (tertiary/aromatic N) is 1. The molecular weight excluding hydrogens is 469 g/mol. The second kappa shape index (κ2) is 10.4. The summed E-state index contributed by atoms with van der Waals surface area (Å²) >= 11 is 8.91. The minimum atomic E-state index is -4.83. The number of rotatable bonds is 9. The molecule has 3 aliphatic heterocycles. The van der Waals surface area contributed by atoms with Crippen LogP contribution in [0.4, 0.5) is 13.2 Å². The molecule has 184 valence electrons. The van der Waals surface area contributed by atoms with Crippen molar-refractivity contribution in [3.8, 4) is 0 Å². The van der Waals surface area contributed by atoms with Gasteiger partial charge in [0.25, 0.3) is 0 Å². The van der Waals surface area contributed by atoms with Gasteiger partial charge in [0.1, 0.15) is 0 Å². The molecule has 0 amide bonds. The lowest BCUT2D eigenvalue weighted by Gasteiger charge is -2.40. The number of thioether (sulfide) groups is 1. The van der Waals surface area contributed by atoms with Crippen molar-refractivity contribution in [2.45, 2.75) is 88.2 Å². The molecule has 3 nitrogen and oxygen atoms in total. The molecule has 1 N–H and O–H groups in total. The molecule has 0 saturated carbocycles. The molecule has 3 atom stereocenters. The van der Waals surface area contributed by atoms with Crippen molar-refractivity contribution in [2.75, 3.05) is 19.6 Å². The van der Waals surface area contributed by atoms with Gasteiger partial charge in [-0.25, -0.2) is 0 Å². The monoisotopic (exact) mass is 502 g/mol. The molecule has 4 rings (SSSR count). The molecule has 1 aliphatic carbocycles. The first-order chi connectivity index (χ1) is 15.8. The summed E-state index contributed by atoms with van der Waals surface area (Å²) in [7, 11) is 0. The highest BCUT2D eigenvalue weighted by atomic mass is 35.5. The van der Waals surface area contributed by atoms with Crippen LogP contribution in [0.25, 0.3) is 0 Å². The smallest absolute Gasteiger partial charge is 0.359 e. The summed E-state index contributed by atoms with van der Waals surface area (Å²) in [6.07, 6.45) is 8.13. The van der Waals surface area contributed by atoms with E-state index in [9.17, 15) is 18.0 Å². The van der Waals surface area contributed by atoms with E-state index in [-0.39, 0.29) is 6.54 Å². The Morgan fingerprint density at radius 1 is 1.24 bits per heavy atom. The van der Waals surface area contributed by atoms with Crippen molar-refractivity contribution in [1.29, 1.82) is 0 Å². The molecule has 0 bridgehead atoms. The van der Waals surface area contributed by atoms with Crippen molar-refractivity contribution in [3.05, 3.63) is 33.2 Å². The Morgan fingerprint density at radius 3 is 2.70 bits per heavy atom. The lowest BCUT2D eigenvalue weighted by atomic mass is 9.82. The number of fused-ring (bicyclic) bond motifs is 2. The number of allylic oxidation sites excluding steroid dienone is 2. The highest BCUT2D eigenvalue weighted by Gasteiger charge is 2.54. The number of piperidine rings is 1. The summed E-state index contributed by atoms with van der Waals surface area (Å²) < 4.78 is 40.2. The quantitative estimate of drug-likeness (QED) is 0.281. The van der Waals surface area contributed by atoms with Crippen molar-refractivity contribution >= 4 is 29.1 Å². The van der Waals surface area contributed by atoms with Crippen molar-refractivity contribution in [3.63, 3.8) is 0 Å². The summed E-state index contributed by atoms with van der Waals surface area (Å²) in [5, 5.41) is 5.11. The maximum absolute atomic E-state index is 13.4. The lowest BCUT2D eigenvalue weighted by Crippen LogP contribution is -2.53. The van der Waals surface area contributed by atoms with E-state index in [4.69, 9.17) is 11.6 Å². The highest BCUT2D eigenvalue weighted by molar-refractivity contribution is 8.06. The normalized spacial score (nSPS) is 29.3. The van der Waals surface area contributed by atoms with Crippen LogP contribution in [0, 0.1) is 5.92 Å². The topological polar surface area (TPSA) is 32.3 Å². The molecule has 3 heterocycles. The van der Waals surface area contributed by atoms with E-state index in [1.54, 1.807) is 11.8 Å². The second-order valence-electron chi connectivity index (χ2n) is 9.70. The van der Waals surface area contributed by atoms with Gasteiger partial charge in [0.05, 0.1) is 22.5 Å². The molecule has 3 unspecified atom stereocenters. The summed E-state index contributed by atoms with van der Waals surface area (Å²) in [4.78, 5) is 15.0. The predicted molar refractivity (Wildman–Crippen MR) is 129 cm³/mol. The molecule has 0 radical (unpaired) electrons. The fraction of sp³-hybridized carbons (Fsp3) is 0.720. The fourth-order valence-corrected chi connectivity index (χ4v) is 7.39. The zero-order chi connectivity index (χ0) is 23.6. The number of alkyl halides is 4. The van der Waals surface area contributed by atoms with E-state index >= 15 is 0 Å².